The molecular weight excluding hydrogens is 276 g/mol. The number of anilines is 1. The van der Waals surface area contributed by atoms with Crippen molar-refractivity contribution in [2.24, 2.45) is 0 Å². The highest BCUT2D eigenvalue weighted by molar-refractivity contribution is 7.07. The van der Waals surface area contributed by atoms with Gasteiger partial charge in [0.2, 0.25) is 5.82 Å². The van der Waals surface area contributed by atoms with Gasteiger partial charge < -0.3 is 5.32 Å². The molecule has 0 aliphatic heterocycles. The average molecular weight is 288 g/mol. The van der Waals surface area contributed by atoms with E-state index < -0.39 is 4.92 Å². The molecule has 7 heteroatoms. The lowest BCUT2D eigenvalue weighted by Gasteiger charge is -2.13. The van der Waals surface area contributed by atoms with Crippen molar-refractivity contribution in [3.63, 3.8) is 0 Å². The van der Waals surface area contributed by atoms with Gasteiger partial charge in [-0.15, -0.1) is 0 Å². The standard InChI is InChI=1S/C13H12N4O2S/c1-9(6-10-3-5-20-8-10)16-13-12(17(18)19)11(7-14)2-4-15-13/h2-5,8-9H,6H2,1H3,(H,15,16). The van der Waals surface area contributed by atoms with Gasteiger partial charge in [0.15, 0.2) is 0 Å². The zero-order valence-corrected chi connectivity index (χ0v) is 11.6. The van der Waals surface area contributed by atoms with Gasteiger partial charge in [0.05, 0.1) is 4.92 Å². The monoisotopic (exact) mass is 288 g/mol. The zero-order valence-electron chi connectivity index (χ0n) is 10.7. The number of nitrogens with one attached hydrogen (secondary N) is 1. The molecule has 0 saturated heterocycles. The number of aromatic nitrogens is 1. The number of nitrogens with zero attached hydrogens (tertiary/aromatic N) is 3. The molecule has 2 aromatic heterocycles. The Hall–Kier alpha value is -2.46. The number of thiophene rings is 1. The van der Waals surface area contributed by atoms with Crippen molar-refractivity contribution in [1.82, 2.24) is 4.98 Å². The van der Waals surface area contributed by atoms with Crippen molar-refractivity contribution in [3.05, 3.63) is 50.3 Å². The Labute approximate surface area is 119 Å². The third-order valence-corrected chi connectivity index (χ3v) is 3.46. The van der Waals surface area contributed by atoms with Crippen molar-refractivity contribution < 1.29 is 4.92 Å². The molecule has 2 rings (SSSR count). The van der Waals surface area contributed by atoms with E-state index in [1.165, 1.54) is 12.3 Å². The van der Waals surface area contributed by atoms with E-state index in [0.717, 1.165) is 12.0 Å². The number of pyridine rings is 1. The van der Waals surface area contributed by atoms with Crippen LogP contribution in [0.5, 0.6) is 0 Å². The van der Waals surface area contributed by atoms with Crippen LogP contribution in [0.15, 0.2) is 29.1 Å². The summed E-state index contributed by atoms with van der Waals surface area (Å²) >= 11 is 1.61. The van der Waals surface area contributed by atoms with Crippen LogP contribution < -0.4 is 5.32 Å². The molecule has 0 radical (unpaired) electrons. The van der Waals surface area contributed by atoms with E-state index in [1.807, 2.05) is 29.8 Å². The van der Waals surface area contributed by atoms with Gasteiger partial charge >= 0.3 is 5.69 Å². The highest BCUT2D eigenvalue weighted by Gasteiger charge is 2.22. The van der Waals surface area contributed by atoms with Gasteiger partial charge in [-0.2, -0.15) is 16.6 Å². The van der Waals surface area contributed by atoms with Crippen LogP contribution >= 0.6 is 11.3 Å². The minimum absolute atomic E-state index is 0.00948. The van der Waals surface area contributed by atoms with Gasteiger partial charge in [-0.05, 0) is 41.8 Å². The lowest BCUT2D eigenvalue weighted by atomic mass is 10.1. The van der Waals surface area contributed by atoms with Gasteiger partial charge in [-0.3, -0.25) is 10.1 Å². The van der Waals surface area contributed by atoms with Crippen LogP contribution in [0, 0.1) is 21.4 Å². The fourth-order valence-corrected chi connectivity index (χ4v) is 2.56. The Morgan fingerprint density at radius 2 is 2.40 bits per heavy atom. The van der Waals surface area contributed by atoms with Gasteiger partial charge in [-0.25, -0.2) is 4.98 Å². The lowest BCUT2D eigenvalue weighted by molar-refractivity contribution is -0.384. The summed E-state index contributed by atoms with van der Waals surface area (Å²) in [4.78, 5) is 14.5. The Bertz CT molecular complexity index is 649. The minimum atomic E-state index is -0.578. The van der Waals surface area contributed by atoms with Crippen LogP contribution in [0.25, 0.3) is 0 Å². The zero-order chi connectivity index (χ0) is 14.5. The van der Waals surface area contributed by atoms with Crippen LogP contribution in [-0.4, -0.2) is 15.9 Å². The molecule has 0 aliphatic carbocycles. The van der Waals surface area contributed by atoms with Crippen molar-refractivity contribution in [1.29, 1.82) is 5.26 Å². The predicted molar refractivity (Wildman–Crippen MR) is 76.7 cm³/mol. The smallest absolute Gasteiger partial charge is 0.328 e. The molecule has 2 aromatic rings. The molecule has 6 nitrogen and oxygen atoms in total. The fraction of sp³-hybridized carbons (Fsp3) is 0.231. The Morgan fingerprint density at radius 3 is 3.00 bits per heavy atom. The number of hydrogen-bond acceptors (Lipinski definition) is 6. The highest BCUT2D eigenvalue weighted by Crippen LogP contribution is 2.26. The molecule has 0 bridgehead atoms. The first kappa shape index (κ1) is 14.0. The van der Waals surface area contributed by atoms with Gasteiger partial charge in [0.25, 0.3) is 0 Å². The molecule has 2 heterocycles. The summed E-state index contributed by atoms with van der Waals surface area (Å²) in [6.07, 6.45) is 2.13. The maximum Gasteiger partial charge on any atom is 0.328 e. The fourth-order valence-electron chi connectivity index (χ4n) is 1.88. The first-order valence-corrected chi connectivity index (χ1v) is 6.87. The van der Waals surface area contributed by atoms with E-state index in [4.69, 9.17) is 5.26 Å². The lowest BCUT2D eigenvalue weighted by Crippen LogP contribution is -2.19. The predicted octanol–water partition coefficient (Wildman–Crippen LogP) is 2.97. The molecule has 20 heavy (non-hydrogen) atoms. The van der Waals surface area contributed by atoms with Crippen molar-refractivity contribution in [2.45, 2.75) is 19.4 Å². The van der Waals surface area contributed by atoms with Crippen molar-refractivity contribution in [3.8, 4) is 6.07 Å². The Morgan fingerprint density at radius 1 is 1.60 bits per heavy atom. The molecule has 0 saturated carbocycles. The van der Waals surface area contributed by atoms with Crippen molar-refractivity contribution in [2.75, 3.05) is 5.32 Å². The quantitative estimate of drug-likeness (QED) is 0.674. The molecule has 102 valence electrons. The Balaban J connectivity index is 2.21. The van der Waals surface area contributed by atoms with E-state index >= 15 is 0 Å². The number of nitro groups is 1. The maximum atomic E-state index is 11.1. The summed E-state index contributed by atoms with van der Waals surface area (Å²) in [6.45, 7) is 1.92. The van der Waals surface area contributed by atoms with E-state index in [2.05, 4.69) is 10.3 Å². The first-order valence-electron chi connectivity index (χ1n) is 5.93. The van der Waals surface area contributed by atoms with Crippen LogP contribution in [0.2, 0.25) is 0 Å². The summed E-state index contributed by atoms with van der Waals surface area (Å²) in [5.41, 5.74) is 0.900. The summed E-state index contributed by atoms with van der Waals surface area (Å²) < 4.78 is 0. The second kappa shape index (κ2) is 6.12. The van der Waals surface area contributed by atoms with Gasteiger partial charge in [0, 0.05) is 12.2 Å². The second-order valence-electron chi connectivity index (χ2n) is 4.31. The van der Waals surface area contributed by atoms with Crippen LogP contribution in [0.4, 0.5) is 11.5 Å². The first-order chi connectivity index (χ1) is 9.61. The number of nitriles is 1. The van der Waals surface area contributed by atoms with E-state index in [-0.39, 0.29) is 23.1 Å². The van der Waals surface area contributed by atoms with Gasteiger partial charge in [-0.1, -0.05) is 0 Å². The molecule has 1 unspecified atom stereocenters. The third kappa shape index (κ3) is 3.10. The second-order valence-corrected chi connectivity index (χ2v) is 5.09. The summed E-state index contributed by atoms with van der Waals surface area (Å²) in [7, 11) is 0. The summed E-state index contributed by atoms with van der Waals surface area (Å²) in [5.74, 6) is 0.136. The number of rotatable bonds is 5. The summed E-state index contributed by atoms with van der Waals surface area (Å²) in [6, 6.07) is 5.14. The van der Waals surface area contributed by atoms with E-state index in [1.54, 1.807) is 11.3 Å². The largest absolute Gasteiger partial charge is 0.362 e. The van der Waals surface area contributed by atoms with Crippen LogP contribution in [0.3, 0.4) is 0 Å². The topological polar surface area (TPSA) is 91.8 Å². The molecule has 0 amide bonds. The maximum absolute atomic E-state index is 11.1. The third-order valence-electron chi connectivity index (χ3n) is 2.73. The molecule has 0 aliphatic rings. The highest BCUT2D eigenvalue weighted by atomic mass is 32.1. The van der Waals surface area contributed by atoms with E-state index in [9.17, 15) is 10.1 Å². The SMILES string of the molecule is CC(Cc1ccsc1)Nc1nccc(C#N)c1[N+](=O)[O-]. The normalized spacial score (nSPS) is 11.6. The molecule has 0 spiro atoms. The van der Waals surface area contributed by atoms with Crippen LogP contribution in [0.1, 0.15) is 18.1 Å². The molecule has 1 N–H and O–H groups in total. The van der Waals surface area contributed by atoms with Gasteiger partial charge in [0.1, 0.15) is 11.6 Å². The molecule has 1 atom stereocenters. The van der Waals surface area contributed by atoms with Crippen LogP contribution in [-0.2, 0) is 6.42 Å². The van der Waals surface area contributed by atoms with Crippen molar-refractivity contribution >= 4 is 22.8 Å². The molecular formula is C13H12N4O2S. The van der Waals surface area contributed by atoms with E-state index in [0.29, 0.717) is 0 Å². The molecule has 0 fully saturated rings. The average Bonchev–Trinajstić information content (AvgIpc) is 2.90. The summed E-state index contributed by atoms with van der Waals surface area (Å²) in [5, 5.41) is 27.0. The minimum Gasteiger partial charge on any atom is -0.362 e. The Kier molecular flexibility index (Phi) is 4.27. The molecule has 0 aromatic carbocycles. The number of hydrogen-bond donors (Lipinski definition) is 1.